The molecule has 0 aliphatic carbocycles. The second-order valence-electron chi connectivity index (χ2n) is 4.17. The Kier molecular flexibility index (Phi) is 3.90. The average Bonchev–Trinajstić information content (AvgIpc) is 2.76. The Labute approximate surface area is 111 Å². The van der Waals surface area contributed by atoms with E-state index < -0.39 is 5.97 Å². The molecule has 1 aromatic carbocycles. The molecule has 0 saturated carbocycles. The molecule has 4 heteroatoms. The van der Waals surface area contributed by atoms with Crippen molar-refractivity contribution in [1.82, 2.24) is 0 Å². The largest absolute Gasteiger partial charge is 0.468 e. The molecular weight excluding hydrogens is 244 g/mol. The summed E-state index contributed by atoms with van der Waals surface area (Å²) in [7, 11) is 2.81. The number of carbonyl (C=O) groups excluding carboxylic acids is 1. The van der Waals surface area contributed by atoms with E-state index in [0.29, 0.717) is 17.7 Å². The van der Waals surface area contributed by atoms with E-state index in [0.717, 1.165) is 11.1 Å². The molecule has 19 heavy (non-hydrogen) atoms. The molecule has 2 aromatic rings. The van der Waals surface area contributed by atoms with Gasteiger partial charge in [0.05, 0.1) is 14.2 Å². The van der Waals surface area contributed by atoms with Crippen LogP contribution >= 0.6 is 0 Å². The summed E-state index contributed by atoms with van der Waals surface area (Å²) in [6.45, 7) is 1.83. The summed E-state index contributed by atoms with van der Waals surface area (Å²) in [4.78, 5) is 11.7. The van der Waals surface area contributed by atoms with E-state index in [1.165, 1.54) is 14.2 Å². The molecule has 0 aliphatic rings. The molecule has 0 amide bonds. The lowest BCUT2D eigenvalue weighted by Gasteiger charge is -1.99. The smallest absolute Gasteiger partial charge is 0.345 e. The third kappa shape index (κ3) is 2.62. The summed E-state index contributed by atoms with van der Waals surface area (Å²) in [6.07, 6.45) is 0.611. The first-order valence-electron chi connectivity index (χ1n) is 5.95. The highest BCUT2D eigenvalue weighted by molar-refractivity contribution is 5.93. The molecule has 0 aliphatic heterocycles. The minimum atomic E-state index is -0.447. The van der Waals surface area contributed by atoms with Crippen molar-refractivity contribution in [2.45, 2.75) is 13.3 Å². The fourth-order valence-electron chi connectivity index (χ4n) is 1.96. The third-order valence-corrected chi connectivity index (χ3v) is 3.00. The average molecular weight is 260 g/mol. The van der Waals surface area contributed by atoms with Gasteiger partial charge in [-0.3, -0.25) is 0 Å². The Balaban J connectivity index is 2.37. The van der Waals surface area contributed by atoms with Crippen LogP contribution in [0.4, 0.5) is 0 Å². The van der Waals surface area contributed by atoms with Gasteiger partial charge in [-0.05, 0) is 12.5 Å². The highest BCUT2D eigenvalue weighted by atomic mass is 16.6. The molecule has 0 radical (unpaired) electrons. The Morgan fingerprint density at radius 2 is 1.89 bits per heavy atom. The van der Waals surface area contributed by atoms with E-state index in [2.05, 4.69) is 0 Å². The zero-order valence-corrected chi connectivity index (χ0v) is 11.2. The van der Waals surface area contributed by atoms with Crippen molar-refractivity contribution < 1.29 is 18.7 Å². The molecule has 0 spiro atoms. The van der Waals surface area contributed by atoms with Gasteiger partial charge in [0.2, 0.25) is 0 Å². The Bertz CT molecular complexity index is 569. The molecular formula is C15H16O4. The van der Waals surface area contributed by atoms with E-state index in [1.807, 2.05) is 37.3 Å². The molecule has 0 N–H and O–H groups in total. The number of benzene rings is 1. The van der Waals surface area contributed by atoms with Crippen LogP contribution in [0.2, 0.25) is 0 Å². The number of furan rings is 1. The molecule has 0 atom stereocenters. The van der Waals surface area contributed by atoms with Gasteiger partial charge in [0.15, 0.2) is 0 Å². The Hall–Kier alpha value is -2.23. The van der Waals surface area contributed by atoms with Crippen molar-refractivity contribution in [3.8, 4) is 5.95 Å². The van der Waals surface area contributed by atoms with E-state index in [-0.39, 0.29) is 5.95 Å². The second-order valence-corrected chi connectivity index (χ2v) is 4.17. The van der Waals surface area contributed by atoms with Crippen molar-refractivity contribution in [2.75, 3.05) is 14.2 Å². The zero-order valence-electron chi connectivity index (χ0n) is 11.2. The van der Waals surface area contributed by atoms with E-state index in [9.17, 15) is 4.79 Å². The lowest BCUT2D eigenvalue weighted by Crippen LogP contribution is -2.04. The van der Waals surface area contributed by atoms with Crippen LogP contribution in [0, 0.1) is 6.92 Å². The van der Waals surface area contributed by atoms with Gasteiger partial charge >= 0.3 is 5.97 Å². The SMILES string of the molecule is COC(=O)c1c(OC)oc(Cc2ccccc2)c1C. The normalized spacial score (nSPS) is 10.3. The number of ether oxygens (including phenoxy) is 2. The molecule has 0 fully saturated rings. The third-order valence-electron chi connectivity index (χ3n) is 3.00. The monoisotopic (exact) mass is 260 g/mol. The predicted octanol–water partition coefficient (Wildman–Crippen LogP) is 2.97. The van der Waals surface area contributed by atoms with E-state index >= 15 is 0 Å². The van der Waals surface area contributed by atoms with Gasteiger partial charge in [-0.2, -0.15) is 0 Å². The first-order chi connectivity index (χ1) is 9.17. The van der Waals surface area contributed by atoms with Crippen LogP contribution in [0.1, 0.15) is 27.2 Å². The highest BCUT2D eigenvalue weighted by Crippen LogP contribution is 2.30. The van der Waals surface area contributed by atoms with Crippen LogP contribution in [0.3, 0.4) is 0 Å². The fourth-order valence-corrected chi connectivity index (χ4v) is 1.96. The molecule has 1 heterocycles. The van der Waals surface area contributed by atoms with Crippen LogP contribution in [-0.2, 0) is 11.2 Å². The molecule has 100 valence electrons. The summed E-state index contributed by atoms with van der Waals surface area (Å²) >= 11 is 0. The van der Waals surface area contributed by atoms with Gasteiger partial charge in [-0.15, -0.1) is 0 Å². The van der Waals surface area contributed by atoms with Crippen molar-refractivity contribution in [2.24, 2.45) is 0 Å². The molecule has 2 rings (SSSR count). The molecule has 0 bridgehead atoms. The maximum absolute atomic E-state index is 11.7. The van der Waals surface area contributed by atoms with Gasteiger partial charge in [0.1, 0.15) is 11.3 Å². The molecule has 0 saturated heterocycles. The van der Waals surface area contributed by atoms with Gasteiger partial charge < -0.3 is 13.9 Å². The summed E-state index contributed by atoms with van der Waals surface area (Å²) in [6, 6.07) is 9.90. The standard InChI is InChI=1S/C15H16O4/c1-10-12(9-11-7-5-4-6-8-11)19-15(18-3)13(10)14(16)17-2/h4-8H,9H2,1-3H3. The first kappa shape index (κ1) is 13.2. The number of carbonyl (C=O) groups is 1. The lowest BCUT2D eigenvalue weighted by molar-refractivity contribution is 0.0593. The fraction of sp³-hybridized carbons (Fsp3) is 0.267. The number of rotatable bonds is 4. The van der Waals surface area contributed by atoms with Crippen LogP contribution in [0.25, 0.3) is 0 Å². The Morgan fingerprint density at radius 3 is 2.47 bits per heavy atom. The van der Waals surface area contributed by atoms with Gasteiger partial charge in [0.25, 0.3) is 5.95 Å². The van der Waals surface area contributed by atoms with Crippen molar-refractivity contribution in [3.05, 3.63) is 52.8 Å². The van der Waals surface area contributed by atoms with Crippen LogP contribution in [-0.4, -0.2) is 20.2 Å². The number of hydrogen-bond acceptors (Lipinski definition) is 4. The molecule has 0 unspecified atom stereocenters. The van der Waals surface area contributed by atoms with Gasteiger partial charge in [-0.25, -0.2) is 4.79 Å². The van der Waals surface area contributed by atoms with Crippen LogP contribution in [0.5, 0.6) is 5.95 Å². The van der Waals surface area contributed by atoms with E-state index in [4.69, 9.17) is 13.9 Å². The minimum Gasteiger partial charge on any atom is -0.468 e. The molecule has 1 aromatic heterocycles. The second kappa shape index (κ2) is 5.61. The number of hydrogen-bond donors (Lipinski definition) is 0. The summed E-state index contributed by atoms with van der Waals surface area (Å²) in [5.74, 6) is 0.469. The Morgan fingerprint density at radius 1 is 1.21 bits per heavy atom. The van der Waals surface area contributed by atoms with Crippen LogP contribution < -0.4 is 4.74 Å². The summed E-state index contributed by atoms with van der Waals surface area (Å²) < 4.78 is 15.4. The minimum absolute atomic E-state index is 0.204. The van der Waals surface area contributed by atoms with E-state index in [1.54, 1.807) is 0 Å². The predicted molar refractivity (Wildman–Crippen MR) is 70.6 cm³/mol. The van der Waals surface area contributed by atoms with Crippen molar-refractivity contribution in [3.63, 3.8) is 0 Å². The number of methoxy groups -OCH3 is 2. The van der Waals surface area contributed by atoms with Gasteiger partial charge in [-0.1, -0.05) is 30.3 Å². The van der Waals surface area contributed by atoms with Crippen molar-refractivity contribution >= 4 is 5.97 Å². The zero-order chi connectivity index (χ0) is 13.8. The maximum Gasteiger partial charge on any atom is 0.345 e. The lowest BCUT2D eigenvalue weighted by atomic mass is 10.1. The van der Waals surface area contributed by atoms with Crippen LogP contribution in [0.15, 0.2) is 34.7 Å². The van der Waals surface area contributed by atoms with Crippen molar-refractivity contribution in [1.29, 1.82) is 0 Å². The highest BCUT2D eigenvalue weighted by Gasteiger charge is 2.24. The quantitative estimate of drug-likeness (QED) is 0.793. The summed E-state index contributed by atoms with van der Waals surface area (Å²) in [5, 5.41) is 0. The molecule has 4 nitrogen and oxygen atoms in total. The number of esters is 1. The summed E-state index contributed by atoms with van der Waals surface area (Å²) in [5.41, 5.74) is 2.22. The first-order valence-corrected chi connectivity index (χ1v) is 5.95. The maximum atomic E-state index is 11.7. The topological polar surface area (TPSA) is 48.7 Å². The van der Waals surface area contributed by atoms with Gasteiger partial charge in [0, 0.05) is 12.0 Å².